The van der Waals surface area contributed by atoms with Crippen molar-refractivity contribution in [2.45, 2.75) is 49.0 Å². The number of nitrogens with zero attached hydrogens (tertiary/aromatic N) is 3. The van der Waals surface area contributed by atoms with Crippen LogP contribution in [0.3, 0.4) is 0 Å². The van der Waals surface area contributed by atoms with Crippen molar-refractivity contribution >= 4 is 56.7 Å². The summed E-state index contributed by atoms with van der Waals surface area (Å²) in [6.45, 7) is 7.55. The van der Waals surface area contributed by atoms with Gasteiger partial charge in [0, 0.05) is 44.1 Å². The maximum atomic E-state index is 13.3. The molecule has 2 heterocycles. The molecule has 0 aliphatic carbocycles. The number of para-hydroxylation sites is 2. The average Bonchev–Trinajstić information content (AvgIpc) is 3.29. The highest BCUT2D eigenvalue weighted by Crippen LogP contribution is 2.30. The first-order chi connectivity index (χ1) is 20.6. The Labute approximate surface area is 254 Å². The van der Waals surface area contributed by atoms with Crippen LogP contribution in [0.4, 0.5) is 5.69 Å². The number of rotatable bonds is 15. The lowest BCUT2D eigenvalue weighted by Gasteiger charge is -2.26. The molecule has 1 unspecified atom stereocenters. The molecule has 2 atom stereocenters. The van der Waals surface area contributed by atoms with Crippen molar-refractivity contribution in [1.29, 1.82) is 0 Å². The molecule has 1 aliphatic rings. The lowest BCUT2D eigenvalue weighted by Crippen LogP contribution is -2.38. The van der Waals surface area contributed by atoms with Gasteiger partial charge in [-0.15, -0.1) is 0 Å². The van der Waals surface area contributed by atoms with Gasteiger partial charge in [-0.1, -0.05) is 23.9 Å². The van der Waals surface area contributed by atoms with Crippen LogP contribution in [-0.2, 0) is 35.7 Å². The summed E-state index contributed by atoms with van der Waals surface area (Å²) >= 11 is 1.62. The summed E-state index contributed by atoms with van der Waals surface area (Å²) in [6.07, 6.45) is -1.07. The van der Waals surface area contributed by atoms with Gasteiger partial charge < -0.3 is 29.3 Å². The number of anilines is 1. The fourth-order valence-corrected chi connectivity index (χ4v) is 6.92. The molecule has 3 aromatic rings. The smallest absolute Gasteiger partial charge is 0.305 e. The molecule has 0 saturated carbocycles. The molecule has 4 rings (SSSR count). The van der Waals surface area contributed by atoms with Gasteiger partial charge in [-0.05, 0) is 31.2 Å². The van der Waals surface area contributed by atoms with Crippen molar-refractivity contribution in [2.75, 3.05) is 43.9 Å². The monoisotopic (exact) mass is 633 g/mol. The fraction of sp³-hybridized carbons (Fsp3) is 0.429. The summed E-state index contributed by atoms with van der Waals surface area (Å²) < 4.78 is 42.3. The Hall–Kier alpha value is -3.50. The Morgan fingerprint density at radius 1 is 1.21 bits per heavy atom. The van der Waals surface area contributed by atoms with Crippen LogP contribution in [-0.4, -0.2) is 96.9 Å². The van der Waals surface area contributed by atoms with E-state index in [-0.39, 0.29) is 22.8 Å². The quantitative estimate of drug-likeness (QED) is 0.166. The predicted octanol–water partition coefficient (Wildman–Crippen LogP) is 2.21. The number of amides is 1. The van der Waals surface area contributed by atoms with Crippen LogP contribution in [0.2, 0.25) is 0 Å². The molecule has 3 N–H and O–H groups in total. The van der Waals surface area contributed by atoms with Gasteiger partial charge in [-0.25, -0.2) is 18.1 Å². The number of carbonyl (C=O) groups is 3. The second-order valence-electron chi connectivity index (χ2n) is 10.0. The van der Waals surface area contributed by atoms with E-state index in [1.807, 2.05) is 28.8 Å². The summed E-state index contributed by atoms with van der Waals surface area (Å²) in [5.74, 6) is -0.951. The van der Waals surface area contributed by atoms with Gasteiger partial charge >= 0.3 is 5.97 Å². The number of aromatic nitrogens is 2. The van der Waals surface area contributed by atoms with Gasteiger partial charge in [0.1, 0.15) is 23.0 Å². The molecule has 43 heavy (non-hydrogen) atoms. The minimum atomic E-state index is -4.39. The number of hydrogen-bond acceptors (Lipinski definition) is 10. The standard InChI is InChI=1S/C28H35N5O8S2/c1-19(17-33-24-6-4-3-5-23(24)30-28(33)42-14-11-32-9-12-40-13-10-32)41-25-15-21(29-20(2)35)7-8-26(25)43(38,39)31-22(18-34)16-27(36)37/h3-8,15,18-19,22,31H,9-14,16-17H2,1-2H3,(H,29,35)(H,36,37)/t19-,22?/m1/s1. The highest BCUT2D eigenvalue weighted by atomic mass is 32.2. The minimum absolute atomic E-state index is 0.0721. The molecule has 0 spiro atoms. The Morgan fingerprint density at radius 2 is 1.95 bits per heavy atom. The van der Waals surface area contributed by atoms with E-state index in [2.05, 4.69) is 14.9 Å². The van der Waals surface area contributed by atoms with Crippen LogP contribution >= 0.6 is 11.8 Å². The maximum absolute atomic E-state index is 13.3. The molecular formula is C28H35N5O8S2. The van der Waals surface area contributed by atoms with Crippen molar-refractivity contribution in [1.82, 2.24) is 19.2 Å². The molecule has 1 fully saturated rings. The molecule has 232 valence electrons. The van der Waals surface area contributed by atoms with Gasteiger partial charge in [0.2, 0.25) is 15.9 Å². The van der Waals surface area contributed by atoms with Crippen molar-refractivity contribution in [3.63, 3.8) is 0 Å². The molecule has 15 heteroatoms. The van der Waals surface area contributed by atoms with Crippen molar-refractivity contribution in [2.24, 2.45) is 0 Å². The van der Waals surface area contributed by atoms with E-state index < -0.39 is 34.6 Å². The number of imidazole rings is 1. The third kappa shape index (κ3) is 9.00. The number of aldehydes is 1. The zero-order chi connectivity index (χ0) is 31.0. The first-order valence-corrected chi connectivity index (χ1v) is 16.2. The van der Waals surface area contributed by atoms with Gasteiger partial charge in [0.15, 0.2) is 5.16 Å². The van der Waals surface area contributed by atoms with Crippen LogP contribution in [0.15, 0.2) is 52.5 Å². The number of aliphatic carboxylic acids is 1. The number of ether oxygens (including phenoxy) is 2. The molecule has 13 nitrogen and oxygen atoms in total. The number of fused-ring (bicyclic) bond motifs is 1. The Bertz CT molecular complexity index is 1560. The zero-order valence-electron chi connectivity index (χ0n) is 23.9. The maximum Gasteiger partial charge on any atom is 0.305 e. The number of nitrogens with one attached hydrogen (secondary N) is 2. The number of benzene rings is 2. The Kier molecular flexibility index (Phi) is 11.2. The number of sulfonamides is 1. The van der Waals surface area contributed by atoms with Crippen LogP contribution in [0.1, 0.15) is 20.3 Å². The number of carboxylic acids is 1. The van der Waals surface area contributed by atoms with E-state index in [1.165, 1.54) is 25.1 Å². The summed E-state index contributed by atoms with van der Waals surface area (Å²) in [6, 6.07) is 10.2. The Balaban J connectivity index is 1.58. The van der Waals surface area contributed by atoms with Crippen LogP contribution in [0.25, 0.3) is 11.0 Å². The van der Waals surface area contributed by atoms with Gasteiger partial charge in [0.05, 0.1) is 43.3 Å². The molecule has 2 aromatic carbocycles. The van der Waals surface area contributed by atoms with Gasteiger partial charge in [-0.2, -0.15) is 0 Å². The number of carbonyl (C=O) groups excluding carboxylic acids is 2. The average molecular weight is 634 g/mol. The molecule has 1 saturated heterocycles. The second kappa shape index (κ2) is 14.8. The predicted molar refractivity (Wildman–Crippen MR) is 161 cm³/mol. The van der Waals surface area contributed by atoms with E-state index in [0.717, 1.165) is 54.8 Å². The first kappa shape index (κ1) is 32.4. The molecule has 0 radical (unpaired) electrons. The van der Waals surface area contributed by atoms with Gasteiger partial charge in [-0.3, -0.25) is 14.5 Å². The lowest BCUT2D eigenvalue weighted by molar-refractivity contribution is -0.138. The minimum Gasteiger partial charge on any atom is -0.487 e. The Morgan fingerprint density at radius 3 is 2.65 bits per heavy atom. The van der Waals surface area contributed by atoms with E-state index in [0.29, 0.717) is 12.2 Å². The summed E-state index contributed by atoms with van der Waals surface area (Å²) in [5, 5.41) is 12.4. The zero-order valence-corrected chi connectivity index (χ0v) is 25.5. The SMILES string of the molecule is CC(=O)Nc1ccc(S(=O)(=O)NC(C=O)CC(=O)O)c(O[C@H](C)Cn2c(SCCN3CCOCC3)nc3ccccc32)c1. The third-order valence-electron chi connectivity index (χ3n) is 6.55. The third-order valence-corrected chi connectivity index (χ3v) is 9.03. The second-order valence-corrected chi connectivity index (χ2v) is 12.8. The van der Waals surface area contributed by atoms with Crippen LogP contribution in [0.5, 0.6) is 5.75 Å². The van der Waals surface area contributed by atoms with E-state index >= 15 is 0 Å². The van der Waals surface area contributed by atoms with Gasteiger partial charge in [0.25, 0.3) is 0 Å². The number of morpholine rings is 1. The van der Waals surface area contributed by atoms with E-state index in [4.69, 9.17) is 19.6 Å². The molecular weight excluding hydrogens is 598 g/mol. The highest BCUT2D eigenvalue weighted by Gasteiger charge is 2.27. The summed E-state index contributed by atoms with van der Waals surface area (Å²) in [5.41, 5.74) is 2.02. The molecule has 1 amide bonds. The van der Waals surface area contributed by atoms with Crippen molar-refractivity contribution in [3.8, 4) is 5.75 Å². The number of thioether (sulfide) groups is 1. The molecule has 0 bridgehead atoms. The number of hydrogen-bond donors (Lipinski definition) is 3. The highest BCUT2D eigenvalue weighted by molar-refractivity contribution is 7.99. The summed E-state index contributed by atoms with van der Waals surface area (Å²) in [7, 11) is -4.39. The fourth-order valence-electron chi connectivity index (χ4n) is 4.61. The van der Waals surface area contributed by atoms with E-state index in [9.17, 15) is 22.8 Å². The lowest BCUT2D eigenvalue weighted by atomic mass is 10.2. The van der Waals surface area contributed by atoms with E-state index in [1.54, 1.807) is 18.7 Å². The first-order valence-electron chi connectivity index (χ1n) is 13.7. The van der Waals surface area contributed by atoms with Crippen molar-refractivity contribution in [3.05, 3.63) is 42.5 Å². The largest absolute Gasteiger partial charge is 0.487 e. The normalized spacial score (nSPS) is 15.6. The number of carboxylic acid groups (broad SMARTS) is 1. The van der Waals surface area contributed by atoms with Crippen LogP contribution < -0.4 is 14.8 Å². The van der Waals surface area contributed by atoms with Crippen molar-refractivity contribution < 1.29 is 37.4 Å². The molecule has 1 aromatic heterocycles. The summed E-state index contributed by atoms with van der Waals surface area (Å²) in [4.78, 5) is 41.0. The molecule has 1 aliphatic heterocycles. The topological polar surface area (TPSA) is 169 Å². The van der Waals surface area contributed by atoms with Crippen LogP contribution in [0, 0.1) is 0 Å².